The Morgan fingerprint density at radius 2 is 0.895 bits per heavy atom. The van der Waals surface area contributed by atoms with Crippen molar-refractivity contribution in [2.45, 2.75) is 113 Å². The van der Waals surface area contributed by atoms with Crippen molar-refractivity contribution in [3.05, 3.63) is 0 Å². The average molecular weight is 276 g/mol. The van der Waals surface area contributed by atoms with Crippen LogP contribution in [0.1, 0.15) is 110 Å². The van der Waals surface area contributed by atoms with Crippen LogP contribution in [0.3, 0.4) is 0 Å². The van der Waals surface area contributed by atoms with E-state index in [0.717, 1.165) is 3.17 Å². The predicted octanol–water partition coefficient (Wildman–Crippen LogP) is 6.83. The molecular weight excluding hydrogens is 239 g/mol. The van der Waals surface area contributed by atoms with Gasteiger partial charge in [-0.1, -0.05) is 32.6 Å². The molecule has 0 saturated carbocycles. The summed E-state index contributed by atoms with van der Waals surface area (Å²) < 4.78 is 1.04. The first-order valence-electron chi connectivity index (χ1n) is 9.27. The molecule has 0 aliphatic rings. The summed E-state index contributed by atoms with van der Waals surface area (Å²) in [5.41, 5.74) is 0. The first-order valence-corrected chi connectivity index (χ1v) is 10.4. The van der Waals surface area contributed by atoms with Crippen LogP contribution in [0.25, 0.3) is 0 Å². The van der Waals surface area contributed by atoms with Gasteiger partial charge in [-0.3, -0.25) is 0 Å². The van der Waals surface area contributed by atoms with Gasteiger partial charge in [0.1, 0.15) is 0 Å². The normalized spacial score (nSPS) is 12.8. The zero-order valence-electron chi connectivity index (χ0n) is 14.2. The summed E-state index contributed by atoms with van der Waals surface area (Å²) in [7, 11) is 0. The molecule has 19 heavy (non-hydrogen) atoms. The summed E-state index contributed by atoms with van der Waals surface area (Å²) in [6, 6.07) is 0. The fraction of sp³-hybridized carbons (Fsp3) is 1.00. The third kappa shape index (κ3) is 19.0. The maximum atomic E-state index is 2.40. The van der Waals surface area contributed by atoms with Crippen molar-refractivity contribution in [3.8, 4) is 0 Å². The summed E-state index contributed by atoms with van der Waals surface area (Å²) in [6.07, 6.45) is 22.2. The molecule has 0 spiro atoms. The van der Waals surface area contributed by atoms with E-state index in [9.17, 15) is 0 Å². The zero-order valence-corrected chi connectivity index (χ0v) is 16.2. The molecule has 1 heteroatoms. The topological polar surface area (TPSA) is 0 Å². The Balaban J connectivity index is 2.91. The van der Waals surface area contributed by atoms with E-state index >= 15 is 0 Å². The fourth-order valence-corrected chi connectivity index (χ4v) is 3.16. The Kier molecular flexibility index (Phi) is 18.0. The van der Waals surface area contributed by atoms with E-state index in [-0.39, 0.29) is 0 Å². The number of unbranched alkanes of at least 4 members (excludes halogenated alkanes) is 13. The minimum atomic E-state index is 1.04. The molecule has 0 amide bonds. The first-order chi connectivity index (χ1) is 9.27. The van der Waals surface area contributed by atoms with Crippen molar-refractivity contribution in [1.29, 1.82) is 0 Å². The van der Waals surface area contributed by atoms with Crippen LogP contribution >= 0.6 is 0 Å². The molecule has 0 fully saturated rings. The monoisotopic (exact) mass is 276 g/mol. The molecule has 110 valence electrons. The van der Waals surface area contributed by atoms with Gasteiger partial charge in [-0.25, -0.2) is 0 Å². The van der Waals surface area contributed by atoms with Gasteiger partial charge in [0, 0.05) is 0 Å². The van der Waals surface area contributed by atoms with E-state index in [2.05, 4.69) is 13.8 Å². The molecule has 0 saturated heterocycles. The molecule has 0 bridgehead atoms. The fourth-order valence-electron chi connectivity index (χ4n) is 2.75. The van der Waals surface area contributed by atoms with Crippen LogP contribution in [0, 0.1) is 0 Å². The van der Waals surface area contributed by atoms with Gasteiger partial charge < -0.3 is 0 Å². The van der Waals surface area contributed by atoms with Crippen molar-refractivity contribution in [3.63, 3.8) is 0 Å². The zero-order chi connectivity index (χ0) is 14.2. The molecular formula is C18H37Na. The molecule has 0 aliphatic heterocycles. The molecule has 0 heterocycles. The molecule has 0 nitrogen and oxygen atoms in total. The summed E-state index contributed by atoms with van der Waals surface area (Å²) >= 11 is 1.39. The number of rotatable bonds is 15. The van der Waals surface area contributed by atoms with E-state index in [1.165, 1.54) is 124 Å². The standard InChI is InChI=1S/C18H37.Na/c1-3-5-7-9-11-13-15-17-18-16-14-12-10-8-6-4-2;/h3H,4-18H2,1-2H3;. The molecule has 0 aromatic rings. The second-order valence-corrected chi connectivity index (χ2v) is 8.75. The molecule has 0 radical (unpaired) electrons. The van der Waals surface area contributed by atoms with Gasteiger partial charge in [-0.05, 0) is 0 Å². The van der Waals surface area contributed by atoms with Crippen LogP contribution in [0.15, 0.2) is 0 Å². The van der Waals surface area contributed by atoms with Crippen molar-refractivity contribution < 1.29 is 0 Å². The van der Waals surface area contributed by atoms with Crippen LogP contribution in [-0.4, -0.2) is 27.9 Å². The summed E-state index contributed by atoms with van der Waals surface area (Å²) in [4.78, 5) is 0. The van der Waals surface area contributed by atoms with Gasteiger partial charge in [0.2, 0.25) is 0 Å². The third-order valence-corrected chi connectivity index (χ3v) is 4.71. The van der Waals surface area contributed by atoms with Gasteiger partial charge >= 0.3 is 109 Å². The Morgan fingerprint density at radius 3 is 1.21 bits per heavy atom. The second kappa shape index (κ2) is 17.1. The van der Waals surface area contributed by atoms with E-state index in [1.807, 2.05) is 0 Å². The molecule has 0 aromatic heterocycles. The molecule has 0 rings (SSSR count). The van der Waals surface area contributed by atoms with Crippen LogP contribution in [0.4, 0.5) is 0 Å². The van der Waals surface area contributed by atoms with Gasteiger partial charge in [0.15, 0.2) is 0 Å². The van der Waals surface area contributed by atoms with E-state index in [1.54, 1.807) is 0 Å². The van der Waals surface area contributed by atoms with Crippen LogP contribution in [0.5, 0.6) is 0 Å². The van der Waals surface area contributed by atoms with Crippen molar-refractivity contribution in [2.75, 3.05) is 0 Å². The Hall–Kier alpha value is 1.00. The van der Waals surface area contributed by atoms with Gasteiger partial charge in [-0.2, -0.15) is 0 Å². The molecule has 1 unspecified atom stereocenters. The average Bonchev–Trinajstić information content (AvgIpc) is 2.39. The Labute approximate surface area is 140 Å². The van der Waals surface area contributed by atoms with Gasteiger partial charge in [0.05, 0.1) is 0 Å². The summed E-state index contributed by atoms with van der Waals surface area (Å²) in [5, 5.41) is 0. The van der Waals surface area contributed by atoms with Crippen molar-refractivity contribution in [1.82, 2.24) is 0 Å². The predicted molar refractivity (Wildman–Crippen MR) is 90.1 cm³/mol. The van der Waals surface area contributed by atoms with Crippen LogP contribution in [0.2, 0.25) is 3.17 Å². The molecule has 0 aliphatic carbocycles. The summed E-state index contributed by atoms with van der Waals surface area (Å²) in [5.74, 6) is 0. The Morgan fingerprint density at radius 1 is 0.579 bits per heavy atom. The van der Waals surface area contributed by atoms with Crippen LogP contribution < -0.4 is 0 Å². The van der Waals surface area contributed by atoms with Crippen molar-refractivity contribution >= 4 is 27.9 Å². The van der Waals surface area contributed by atoms with Crippen LogP contribution in [-0.2, 0) is 0 Å². The van der Waals surface area contributed by atoms with Gasteiger partial charge in [-0.15, -0.1) is 0 Å². The van der Waals surface area contributed by atoms with Gasteiger partial charge in [0.25, 0.3) is 0 Å². The van der Waals surface area contributed by atoms with E-state index in [0.29, 0.717) is 0 Å². The summed E-state index contributed by atoms with van der Waals surface area (Å²) in [6.45, 7) is 4.69. The maximum absolute atomic E-state index is 2.40. The van der Waals surface area contributed by atoms with Crippen molar-refractivity contribution in [2.24, 2.45) is 0 Å². The molecule has 1 atom stereocenters. The minimum absolute atomic E-state index is 1.04. The number of hydrogen-bond donors (Lipinski definition) is 0. The quantitative estimate of drug-likeness (QED) is 0.227. The van der Waals surface area contributed by atoms with E-state index < -0.39 is 0 Å². The number of hydrogen-bond acceptors (Lipinski definition) is 0. The molecule has 0 aromatic carbocycles. The molecule has 0 N–H and O–H groups in total. The first kappa shape index (κ1) is 20.0. The van der Waals surface area contributed by atoms with E-state index in [4.69, 9.17) is 0 Å². The SMILES string of the molecule is CCCCCCCCCCCCCCCC[CH](C)[Na]. The second-order valence-electron chi connectivity index (χ2n) is 6.78. The Bertz CT molecular complexity index is 154. The third-order valence-electron chi connectivity index (χ3n) is 4.14.